The molecule has 0 spiro atoms. The van der Waals surface area contributed by atoms with E-state index in [9.17, 15) is 13.2 Å². The Hall–Kier alpha value is -2.58. The molecule has 2 aromatic carbocycles. The molecule has 0 N–H and O–H groups in total. The zero-order valence-electron chi connectivity index (χ0n) is 20.1. The summed E-state index contributed by atoms with van der Waals surface area (Å²) in [6.07, 6.45) is 0.998. The maximum absolute atomic E-state index is 13.5. The second-order valence-corrected chi connectivity index (χ2v) is 10.8. The molecule has 7 nitrogen and oxygen atoms in total. The lowest BCUT2D eigenvalue weighted by molar-refractivity contribution is 0.0784. The molecule has 33 heavy (non-hydrogen) atoms. The molecule has 1 aliphatic heterocycles. The van der Waals surface area contributed by atoms with Crippen LogP contribution >= 0.6 is 0 Å². The van der Waals surface area contributed by atoms with E-state index in [0.717, 1.165) is 17.7 Å². The fourth-order valence-corrected chi connectivity index (χ4v) is 6.24. The van der Waals surface area contributed by atoms with Gasteiger partial charge in [0, 0.05) is 32.2 Å². The van der Waals surface area contributed by atoms with Crippen LogP contribution in [0.5, 0.6) is 11.5 Å². The van der Waals surface area contributed by atoms with Gasteiger partial charge in [-0.15, -0.1) is 0 Å². The van der Waals surface area contributed by atoms with Crippen molar-refractivity contribution in [3.63, 3.8) is 0 Å². The summed E-state index contributed by atoms with van der Waals surface area (Å²) in [7, 11) is -0.658. The van der Waals surface area contributed by atoms with Gasteiger partial charge in [-0.1, -0.05) is 26.0 Å². The number of hydrogen-bond donors (Lipinski definition) is 0. The Labute approximate surface area is 197 Å². The largest absolute Gasteiger partial charge is 0.495 e. The van der Waals surface area contributed by atoms with E-state index in [-0.39, 0.29) is 28.4 Å². The molecule has 3 rings (SSSR count). The first kappa shape index (κ1) is 25.1. The van der Waals surface area contributed by atoms with Crippen molar-refractivity contribution in [1.82, 2.24) is 9.21 Å². The lowest BCUT2D eigenvalue weighted by Gasteiger charge is -2.34. The molecule has 180 valence electrons. The van der Waals surface area contributed by atoms with Gasteiger partial charge in [0.15, 0.2) is 0 Å². The van der Waals surface area contributed by atoms with E-state index < -0.39 is 10.0 Å². The molecule has 1 fully saturated rings. The second-order valence-electron chi connectivity index (χ2n) is 8.87. The average Bonchev–Trinajstić information content (AvgIpc) is 2.79. The van der Waals surface area contributed by atoms with Crippen LogP contribution < -0.4 is 9.47 Å². The predicted molar refractivity (Wildman–Crippen MR) is 128 cm³/mol. The van der Waals surface area contributed by atoms with E-state index in [2.05, 4.69) is 13.8 Å². The summed E-state index contributed by atoms with van der Waals surface area (Å²) in [6, 6.07) is 12.2. The quantitative estimate of drug-likeness (QED) is 0.577. The van der Waals surface area contributed by atoms with Crippen LogP contribution in [-0.2, 0) is 16.6 Å². The smallest absolute Gasteiger partial charge is 0.253 e. The number of carbonyl (C=O) groups is 1. The van der Waals surface area contributed by atoms with Gasteiger partial charge in [0.1, 0.15) is 16.4 Å². The molecular formula is C25H34N2O5S. The lowest BCUT2D eigenvalue weighted by atomic mass is 9.94. The van der Waals surface area contributed by atoms with Crippen molar-refractivity contribution in [2.45, 2.75) is 38.6 Å². The first-order chi connectivity index (χ1) is 15.6. The molecule has 2 unspecified atom stereocenters. The monoisotopic (exact) mass is 474 g/mol. The Balaban J connectivity index is 1.84. The fraction of sp³-hybridized carbons (Fsp3) is 0.480. The van der Waals surface area contributed by atoms with Crippen molar-refractivity contribution in [3.05, 3.63) is 53.6 Å². The van der Waals surface area contributed by atoms with Crippen LogP contribution in [0, 0.1) is 11.8 Å². The van der Waals surface area contributed by atoms with Crippen molar-refractivity contribution in [3.8, 4) is 11.5 Å². The first-order valence-corrected chi connectivity index (χ1v) is 12.7. The topological polar surface area (TPSA) is 76.1 Å². The van der Waals surface area contributed by atoms with E-state index in [0.29, 0.717) is 31.8 Å². The van der Waals surface area contributed by atoms with Gasteiger partial charge < -0.3 is 14.4 Å². The van der Waals surface area contributed by atoms with Crippen molar-refractivity contribution in [1.29, 1.82) is 0 Å². The number of carbonyl (C=O) groups excluding carboxylic acids is 1. The molecule has 0 saturated carbocycles. The van der Waals surface area contributed by atoms with Gasteiger partial charge in [0.05, 0.1) is 13.7 Å². The number of sulfonamides is 1. The number of nitrogens with zero attached hydrogens (tertiary/aromatic N) is 2. The Morgan fingerprint density at radius 1 is 1.09 bits per heavy atom. The van der Waals surface area contributed by atoms with Crippen molar-refractivity contribution < 1.29 is 22.7 Å². The van der Waals surface area contributed by atoms with Gasteiger partial charge in [-0.2, -0.15) is 4.31 Å². The highest BCUT2D eigenvalue weighted by Gasteiger charge is 2.34. The molecule has 1 aliphatic rings. The molecule has 1 heterocycles. The number of hydrogen-bond acceptors (Lipinski definition) is 5. The van der Waals surface area contributed by atoms with Crippen LogP contribution in [0.15, 0.2) is 47.4 Å². The van der Waals surface area contributed by atoms with Crippen LogP contribution in [0.1, 0.15) is 43.1 Å². The summed E-state index contributed by atoms with van der Waals surface area (Å²) in [5.41, 5.74) is 1.26. The van der Waals surface area contributed by atoms with E-state index in [1.54, 1.807) is 24.1 Å². The summed E-state index contributed by atoms with van der Waals surface area (Å²) in [6.45, 7) is 7.96. The van der Waals surface area contributed by atoms with Gasteiger partial charge in [0.25, 0.3) is 5.91 Å². The minimum absolute atomic E-state index is 0.0339. The highest BCUT2D eigenvalue weighted by atomic mass is 32.2. The van der Waals surface area contributed by atoms with E-state index in [4.69, 9.17) is 9.47 Å². The van der Waals surface area contributed by atoms with Crippen molar-refractivity contribution in [2.24, 2.45) is 11.8 Å². The number of piperidine rings is 1. The third-order valence-corrected chi connectivity index (χ3v) is 7.72. The van der Waals surface area contributed by atoms with Crippen LogP contribution in [-0.4, -0.2) is 57.4 Å². The molecule has 0 radical (unpaired) electrons. The van der Waals surface area contributed by atoms with Gasteiger partial charge in [-0.3, -0.25) is 4.79 Å². The third-order valence-electron chi connectivity index (χ3n) is 5.86. The lowest BCUT2D eigenvalue weighted by Crippen LogP contribution is -2.42. The van der Waals surface area contributed by atoms with E-state index >= 15 is 0 Å². The Bertz CT molecular complexity index is 1060. The molecule has 0 aliphatic carbocycles. The number of rotatable bonds is 8. The standard InChI is InChI=1S/C25H34N2O5S/c1-6-32-22-10-7-20(8-11-22)17-26(4)25(28)21-9-12-23(31-5)24(14-21)33(29,30)27-15-18(2)13-19(3)16-27/h7-12,14,18-19H,6,13,15-17H2,1-5H3. The molecule has 0 bridgehead atoms. The predicted octanol–water partition coefficient (Wildman–Crippen LogP) is 4.03. The molecule has 8 heteroatoms. The number of amides is 1. The van der Waals surface area contributed by atoms with Crippen LogP contribution in [0.25, 0.3) is 0 Å². The molecular weight excluding hydrogens is 440 g/mol. The minimum Gasteiger partial charge on any atom is -0.495 e. The zero-order chi connectivity index (χ0) is 24.2. The average molecular weight is 475 g/mol. The van der Waals surface area contributed by atoms with Crippen LogP contribution in [0.4, 0.5) is 0 Å². The van der Waals surface area contributed by atoms with Gasteiger partial charge >= 0.3 is 0 Å². The summed E-state index contributed by atoms with van der Waals surface area (Å²) in [4.78, 5) is 14.7. The summed E-state index contributed by atoms with van der Waals surface area (Å²) >= 11 is 0. The molecule has 0 aromatic heterocycles. The molecule has 2 aromatic rings. The molecule has 1 amide bonds. The molecule has 2 atom stereocenters. The van der Waals surface area contributed by atoms with Gasteiger partial charge in [-0.25, -0.2) is 8.42 Å². The summed E-state index contributed by atoms with van der Waals surface area (Å²) in [5, 5.41) is 0. The van der Waals surface area contributed by atoms with E-state index in [1.807, 2.05) is 31.2 Å². The second kappa shape index (κ2) is 10.6. The van der Waals surface area contributed by atoms with Crippen molar-refractivity contribution in [2.75, 3.05) is 33.9 Å². The van der Waals surface area contributed by atoms with Gasteiger partial charge in [0.2, 0.25) is 10.0 Å². The van der Waals surface area contributed by atoms with Crippen molar-refractivity contribution >= 4 is 15.9 Å². The molecule has 1 saturated heterocycles. The third kappa shape index (κ3) is 5.86. The maximum atomic E-state index is 13.5. The Morgan fingerprint density at radius 2 is 1.73 bits per heavy atom. The summed E-state index contributed by atoms with van der Waals surface area (Å²) in [5.74, 6) is 1.32. The number of benzene rings is 2. The highest BCUT2D eigenvalue weighted by Crippen LogP contribution is 2.32. The first-order valence-electron chi connectivity index (χ1n) is 11.3. The zero-order valence-corrected chi connectivity index (χ0v) is 20.9. The Morgan fingerprint density at radius 3 is 2.30 bits per heavy atom. The number of methoxy groups -OCH3 is 1. The SMILES string of the molecule is CCOc1ccc(CN(C)C(=O)c2ccc(OC)c(S(=O)(=O)N3CC(C)CC(C)C3)c2)cc1. The fourth-order valence-electron chi connectivity index (χ4n) is 4.38. The normalized spacial score (nSPS) is 19.2. The van der Waals surface area contributed by atoms with Crippen LogP contribution in [0.2, 0.25) is 0 Å². The summed E-state index contributed by atoms with van der Waals surface area (Å²) < 4.78 is 39.3. The highest BCUT2D eigenvalue weighted by molar-refractivity contribution is 7.89. The van der Waals surface area contributed by atoms with Crippen LogP contribution in [0.3, 0.4) is 0 Å². The minimum atomic E-state index is -3.80. The Kier molecular flexibility index (Phi) is 8.02. The van der Waals surface area contributed by atoms with Gasteiger partial charge in [-0.05, 0) is 61.1 Å². The van der Waals surface area contributed by atoms with E-state index in [1.165, 1.54) is 17.5 Å². The number of ether oxygens (including phenoxy) is 2. The maximum Gasteiger partial charge on any atom is 0.253 e.